The molecule has 120 valence electrons. The maximum atomic E-state index is 12.2. The van der Waals surface area contributed by atoms with Gasteiger partial charge in [0.25, 0.3) is 5.91 Å². The number of anilines is 1. The van der Waals surface area contributed by atoms with Crippen molar-refractivity contribution in [1.82, 2.24) is 0 Å². The average Bonchev–Trinajstić information content (AvgIpc) is 2.51. The van der Waals surface area contributed by atoms with Gasteiger partial charge in [-0.25, -0.2) is 0 Å². The van der Waals surface area contributed by atoms with Crippen molar-refractivity contribution in [3.63, 3.8) is 0 Å². The van der Waals surface area contributed by atoms with Crippen molar-refractivity contribution in [3.8, 4) is 5.75 Å². The first-order chi connectivity index (χ1) is 10.9. The molecule has 0 aromatic heterocycles. The van der Waals surface area contributed by atoms with Crippen LogP contribution in [-0.4, -0.2) is 17.9 Å². The second kappa shape index (κ2) is 7.15. The summed E-state index contributed by atoms with van der Waals surface area (Å²) < 4.78 is 5.56. The van der Waals surface area contributed by atoms with Crippen molar-refractivity contribution in [1.29, 1.82) is 0 Å². The van der Waals surface area contributed by atoms with E-state index in [-0.39, 0.29) is 5.91 Å². The van der Waals surface area contributed by atoms with E-state index in [1.165, 1.54) is 0 Å². The summed E-state index contributed by atoms with van der Waals surface area (Å²) in [6, 6.07) is 11.7. The summed E-state index contributed by atoms with van der Waals surface area (Å²) in [6.45, 7) is 3.36. The van der Waals surface area contributed by atoms with Gasteiger partial charge < -0.3 is 15.8 Å². The Morgan fingerprint density at radius 3 is 2.43 bits per heavy atom. The summed E-state index contributed by atoms with van der Waals surface area (Å²) in [7, 11) is 0. The number of rotatable bonds is 5. The number of nitrogens with one attached hydrogen (secondary N) is 1. The Bertz CT molecular complexity index is 729. The Labute approximate surface area is 139 Å². The summed E-state index contributed by atoms with van der Waals surface area (Å²) >= 11 is 5.80. The van der Waals surface area contributed by atoms with Gasteiger partial charge in [-0.05, 0) is 55.8 Å². The van der Waals surface area contributed by atoms with Gasteiger partial charge in [-0.2, -0.15) is 0 Å². The highest BCUT2D eigenvalue weighted by atomic mass is 35.5. The standard InChI is InChI=1S/C17H17ClN2O3/c1-10-14(16(19)21)4-3-5-15(10)20-17(22)11(2)23-13-8-6-12(18)7-9-13/h3-9,11H,1-2H3,(H2,19,21)(H,20,22)/t11-/m0/s1. The van der Waals surface area contributed by atoms with Gasteiger partial charge in [-0.15, -0.1) is 0 Å². The number of benzene rings is 2. The Morgan fingerprint density at radius 1 is 1.17 bits per heavy atom. The number of carbonyl (C=O) groups is 2. The second-order valence-electron chi connectivity index (χ2n) is 5.05. The molecule has 0 spiro atoms. The van der Waals surface area contributed by atoms with Crippen LogP contribution in [0.2, 0.25) is 5.02 Å². The first-order valence-electron chi connectivity index (χ1n) is 7.01. The molecule has 0 aliphatic rings. The normalized spacial score (nSPS) is 11.6. The molecule has 6 heteroatoms. The molecule has 2 aromatic rings. The van der Waals surface area contributed by atoms with E-state index in [1.54, 1.807) is 56.3 Å². The second-order valence-corrected chi connectivity index (χ2v) is 5.48. The minimum atomic E-state index is -0.715. The van der Waals surface area contributed by atoms with Crippen molar-refractivity contribution >= 4 is 29.1 Å². The third-order valence-corrected chi connectivity index (χ3v) is 3.60. The highest BCUT2D eigenvalue weighted by Crippen LogP contribution is 2.20. The third-order valence-electron chi connectivity index (χ3n) is 3.35. The smallest absolute Gasteiger partial charge is 0.265 e. The molecule has 0 saturated carbocycles. The zero-order chi connectivity index (χ0) is 17.0. The van der Waals surface area contributed by atoms with Gasteiger partial charge >= 0.3 is 0 Å². The fourth-order valence-corrected chi connectivity index (χ4v) is 2.17. The highest BCUT2D eigenvalue weighted by Gasteiger charge is 2.17. The van der Waals surface area contributed by atoms with Crippen LogP contribution in [0.15, 0.2) is 42.5 Å². The van der Waals surface area contributed by atoms with Crippen LogP contribution < -0.4 is 15.8 Å². The van der Waals surface area contributed by atoms with Crippen molar-refractivity contribution in [2.75, 3.05) is 5.32 Å². The quantitative estimate of drug-likeness (QED) is 0.882. The van der Waals surface area contributed by atoms with Gasteiger partial charge in [0.05, 0.1) is 0 Å². The van der Waals surface area contributed by atoms with Crippen LogP contribution in [-0.2, 0) is 4.79 Å². The lowest BCUT2D eigenvalue weighted by atomic mass is 10.1. The molecule has 0 bridgehead atoms. The van der Waals surface area contributed by atoms with E-state index in [1.807, 2.05) is 0 Å². The molecule has 0 radical (unpaired) electrons. The molecular formula is C17H17ClN2O3. The number of hydrogen-bond donors (Lipinski definition) is 2. The predicted molar refractivity (Wildman–Crippen MR) is 89.9 cm³/mol. The van der Waals surface area contributed by atoms with Crippen LogP contribution in [0.3, 0.4) is 0 Å². The first kappa shape index (κ1) is 16.8. The van der Waals surface area contributed by atoms with Crippen LogP contribution in [0.5, 0.6) is 5.75 Å². The van der Waals surface area contributed by atoms with Crippen LogP contribution >= 0.6 is 11.6 Å². The van der Waals surface area contributed by atoms with Crippen molar-refractivity contribution in [3.05, 3.63) is 58.6 Å². The molecule has 2 rings (SSSR count). The number of ether oxygens (including phenoxy) is 1. The summed E-state index contributed by atoms with van der Waals surface area (Å²) in [5.74, 6) is -0.326. The number of nitrogens with two attached hydrogens (primary N) is 1. The Morgan fingerprint density at radius 2 is 1.83 bits per heavy atom. The molecule has 2 amide bonds. The maximum absolute atomic E-state index is 12.2. The highest BCUT2D eigenvalue weighted by molar-refractivity contribution is 6.30. The van der Waals surface area contributed by atoms with Gasteiger partial charge in [0.1, 0.15) is 5.75 Å². The molecule has 23 heavy (non-hydrogen) atoms. The fraction of sp³-hybridized carbons (Fsp3) is 0.176. The molecular weight excluding hydrogens is 316 g/mol. The van der Waals surface area contributed by atoms with E-state index in [0.717, 1.165) is 0 Å². The van der Waals surface area contributed by atoms with E-state index >= 15 is 0 Å². The van der Waals surface area contributed by atoms with E-state index in [4.69, 9.17) is 22.1 Å². The van der Waals surface area contributed by atoms with Gasteiger partial charge in [0.15, 0.2) is 6.10 Å². The minimum absolute atomic E-state index is 0.329. The number of halogens is 1. The summed E-state index contributed by atoms with van der Waals surface area (Å²) in [5.41, 5.74) is 6.81. The zero-order valence-corrected chi connectivity index (χ0v) is 13.6. The van der Waals surface area contributed by atoms with E-state index in [0.29, 0.717) is 27.6 Å². The third kappa shape index (κ3) is 4.23. The number of hydrogen-bond acceptors (Lipinski definition) is 3. The topological polar surface area (TPSA) is 81.4 Å². The zero-order valence-electron chi connectivity index (χ0n) is 12.8. The number of primary amides is 1. The van der Waals surface area contributed by atoms with Crippen LogP contribution in [0.1, 0.15) is 22.8 Å². The van der Waals surface area contributed by atoms with Crippen LogP contribution in [0.25, 0.3) is 0 Å². The molecule has 2 aromatic carbocycles. The summed E-state index contributed by atoms with van der Waals surface area (Å²) in [5, 5.41) is 3.33. The Hall–Kier alpha value is -2.53. The molecule has 0 heterocycles. The van der Waals surface area contributed by atoms with Gasteiger partial charge in [0, 0.05) is 16.3 Å². The summed E-state index contributed by atoms with van der Waals surface area (Å²) in [6.07, 6.45) is -0.715. The fourth-order valence-electron chi connectivity index (χ4n) is 2.04. The monoisotopic (exact) mass is 332 g/mol. The lowest BCUT2D eigenvalue weighted by molar-refractivity contribution is -0.122. The Kier molecular flexibility index (Phi) is 5.24. The molecule has 0 aliphatic carbocycles. The molecule has 3 N–H and O–H groups in total. The maximum Gasteiger partial charge on any atom is 0.265 e. The molecule has 1 atom stereocenters. The van der Waals surface area contributed by atoms with Crippen LogP contribution in [0.4, 0.5) is 5.69 Å². The number of carbonyl (C=O) groups excluding carboxylic acids is 2. The van der Waals surface area contributed by atoms with E-state index in [2.05, 4.69) is 5.32 Å². The largest absolute Gasteiger partial charge is 0.481 e. The average molecular weight is 333 g/mol. The minimum Gasteiger partial charge on any atom is -0.481 e. The van der Waals surface area contributed by atoms with Gasteiger partial charge in [0.2, 0.25) is 5.91 Å². The van der Waals surface area contributed by atoms with Crippen molar-refractivity contribution in [2.24, 2.45) is 5.73 Å². The lowest BCUT2D eigenvalue weighted by Crippen LogP contribution is -2.30. The number of amides is 2. The Balaban J connectivity index is 2.08. The first-order valence-corrected chi connectivity index (χ1v) is 7.39. The molecule has 0 saturated heterocycles. The summed E-state index contributed by atoms with van der Waals surface area (Å²) in [4.78, 5) is 23.6. The molecule has 0 aliphatic heterocycles. The van der Waals surface area contributed by atoms with E-state index in [9.17, 15) is 9.59 Å². The van der Waals surface area contributed by atoms with Crippen LogP contribution in [0, 0.1) is 6.92 Å². The van der Waals surface area contributed by atoms with Crippen molar-refractivity contribution < 1.29 is 14.3 Å². The van der Waals surface area contributed by atoms with Gasteiger partial charge in [-0.1, -0.05) is 17.7 Å². The van der Waals surface area contributed by atoms with Crippen molar-refractivity contribution in [2.45, 2.75) is 20.0 Å². The van der Waals surface area contributed by atoms with Gasteiger partial charge in [-0.3, -0.25) is 9.59 Å². The molecule has 0 fully saturated rings. The molecule has 0 unspecified atom stereocenters. The predicted octanol–water partition coefficient (Wildman–Crippen LogP) is 3.15. The van der Waals surface area contributed by atoms with E-state index < -0.39 is 12.0 Å². The molecule has 5 nitrogen and oxygen atoms in total. The SMILES string of the molecule is Cc1c(NC(=O)[C@H](C)Oc2ccc(Cl)cc2)cccc1C(N)=O. The lowest BCUT2D eigenvalue weighted by Gasteiger charge is -2.16.